The van der Waals surface area contributed by atoms with Crippen LogP contribution in [0.15, 0.2) is 186 Å². The van der Waals surface area contributed by atoms with Crippen molar-refractivity contribution in [2.75, 3.05) is 4.90 Å². The number of furan rings is 1. The van der Waals surface area contributed by atoms with E-state index in [9.17, 15) is 0 Å². The third-order valence-corrected chi connectivity index (χ3v) is 10.9. The van der Waals surface area contributed by atoms with Crippen LogP contribution in [0.25, 0.3) is 52.9 Å². The number of hydrogen-bond donors (Lipinski definition) is 0. The smallest absolute Gasteiger partial charge is 0.136 e. The van der Waals surface area contributed by atoms with Crippen LogP contribution < -0.4 is 4.90 Å². The number of allylic oxidation sites excluding steroid dienone is 11. The molecule has 0 spiro atoms. The lowest BCUT2D eigenvalue weighted by Crippen LogP contribution is -2.15. The van der Waals surface area contributed by atoms with Gasteiger partial charge in [-0.15, -0.1) is 11.3 Å². The number of fused-ring (bicyclic) bond motifs is 8. The third-order valence-electron chi connectivity index (χ3n) is 9.68. The van der Waals surface area contributed by atoms with Crippen LogP contribution in [0.4, 0.5) is 11.4 Å². The highest BCUT2D eigenvalue weighted by atomic mass is 32.1. The topological polar surface area (TPSA) is 16.4 Å². The molecule has 0 fully saturated rings. The lowest BCUT2D eigenvalue weighted by molar-refractivity contribution is 0.669. The predicted octanol–water partition coefficient (Wildman–Crippen LogP) is 14.3. The molecule has 1 aliphatic rings. The van der Waals surface area contributed by atoms with Gasteiger partial charge >= 0.3 is 0 Å². The van der Waals surface area contributed by atoms with Gasteiger partial charge in [-0.1, -0.05) is 129 Å². The van der Waals surface area contributed by atoms with Crippen molar-refractivity contribution in [3.8, 4) is 0 Å². The molecule has 0 saturated carbocycles. The average molecular weight is 666 g/mol. The van der Waals surface area contributed by atoms with E-state index in [2.05, 4.69) is 159 Å². The van der Waals surface area contributed by atoms with Crippen molar-refractivity contribution in [3.05, 3.63) is 182 Å². The quantitative estimate of drug-likeness (QED) is 0.124. The molecule has 0 amide bonds. The fourth-order valence-corrected chi connectivity index (χ4v) is 8.26. The molecule has 3 heteroatoms. The Morgan fingerprint density at radius 1 is 0.860 bits per heavy atom. The van der Waals surface area contributed by atoms with E-state index in [0.29, 0.717) is 5.92 Å². The Bertz CT molecular complexity index is 2580. The molecular formula is C47H39NOS. The van der Waals surface area contributed by atoms with E-state index in [1.807, 2.05) is 29.5 Å². The first-order valence-electron chi connectivity index (χ1n) is 17.3. The molecule has 1 unspecified atom stereocenters. The first kappa shape index (κ1) is 31.6. The highest BCUT2D eigenvalue weighted by Crippen LogP contribution is 2.44. The van der Waals surface area contributed by atoms with E-state index in [1.165, 1.54) is 36.7 Å². The van der Waals surface area contributed by atoms with Crippen molar-refractivity contribution in [3.63, 3.8) is 0 Å². The summed E-state index contributed by atoms with van der Waals surface area (Å²) in [5.74, 6) is 0.416. The second-order valence-corrected chi connectivity index (χ2v) is 14.1. The molecule has 1 atom stereocenters. The van der Waals surface area contributed by atoms with Crippen molar-refractivity contribution in [1.82, 2.24) is 0 Å². The average Bonchev–Trinajstić information content (AvgIpc) is 3.72. The van der Waals surface area contributed by atoms with Crippen LogP contribution in [0, 0.1) is 5.92 Å². The molecule has 2 heterocycles. The zero-order chi connectivity index (χ0) is 34.0. The molecule has 244 valence electrons. The monoisotopic (exact) mass is 665 g/mol. The van der Waals surface area contributed by atoms with Gasteiger partial charge in [-0.05, 0) is 90.1 Å². The first-order valence-corrected chi connectivity index (χ1v) is 18.2. The van der Waals surface area contributed by atoms with Gasteiger partial charge in [0.25, 0.3) is 0 Å². The molecular weight excluding hydrogens is 627 g/mol. The molecule has 8 rings (SSSR count). The Hall–Kier alpha value is -5.64. The number of para-hydroxylation sites is 1. The SMILES string of the molecule is C=C/C=C(\C=C/CC1=C/C(=C)C(C)C/C=C\C/C=C\1)N(c1ccc2c(ccc3oc4ccccc4c32)c1)c1cccc2c1sc1ccccc12. The van der Waals surface area contributed by atoms with Gasteiger partial charge in [-0.25, -0.2) is 0 Å². The van der Waals surface area contributed by atoms with Crippen LogP contribution in [-0.4, -0.2) is 0 Å². The maximum absolute atomic E-state index is 6.23. The summed E-state index contributed by atoms with van der Waals surface area (Å²) in [6, 6.07) is 34.7. The van der Waals surface area contributed by atoms with Crippen LogP contribution >= 0.6 is 11.3 Å². The van der Waals surface area contributed by atoms with Crippen molar-refractivity contribution in [1.29, 1.82) is 0 Å². The third kappa shape index (κ3) is 5.95. The second kappa shape index (κ2) is 13.7. The van der Waals surface area contributed by atoms with Crippen molar-refractivity contribution in [2.24, 2.45) is 5.92 Å². The van der Waals surface area contributed by atoms with Crippen LogP contribution in [0.3, 0.4) is 0 Å². The van der Waals surface area contributed by atoms with Crippen LogP contribution in [0.1, 0.15) is 26.2 Å². The van der Waals surface area contributed by atoms with Gasteiger partial charge in [0.2, 0.25) is 0 Å². The number of thiophene rings is 1. The standard InChI is InChI=1S/C47H39NOS/c1-4-15-36(19-13-18-34-17-8-6-5-7-16-32(2)33(3)30-34)48(42-23-14-22-40-39-20-10-12-25-45(39)50-47(40)42)37-27-28-38-35(31-37)26-29-44-46(38)41-21-9-11-24-43(41)49-44/h4-5,7-15,17,19-32H,1,3,6,16,18H2,2H3/b7-5-,17-8-,19-13-,34-30+,36-15+. The molecule has 0 bridgehead atoms. The number of hydrogen-bond acceptors (Lipinski definition) is 3. The van der Waals surface area contributed by atoms with E-state index in [0.717, 1.165) is 63.7 Å². The summed E-state index contributed by atoms with van der Waals surface area (Å²) in [6.07, 6.45) is 22.5. The van der Waals surface area contributed by atoms with Crippen LogP contribution in [-0.2, 0) is 0 Å². The Balaban J connectivity index is 1.27. The largest absolute Gasteiger partial charge is 0.456 e. The lowest BCUT2D eigenvalue weighted by atomic mass is 9.94. The lowest BCUT2D eigenvalue weighted by Gasteiger charge is -2.27. The second-order valence-electron chi connectivity index (χ2n) is 13.0. The summed E-state index contributed by atoms with van der Waals surface area (Å²) < 4.78 is 8.77. The van der Waals surface area contributed by atoms with Gasteiger partial charge < -0.3 is 9.32 Å². The van der Waals surface area contributed by atoms with E-state index in [-0.39, 0.29) is 0 Å². The molecule has 0 saturated heterocycles. The Morgan fingerprint density at radius 3 is 2.60 bits per heavy atom. The minimum atomic E-state index is 0.416. The molecule has 0 radical (unpaired) electrons. The fraction of sp³-hybridized carbons (Fsp3) is 0.106. The maximum atomic E-state index is 6.23. The molecule has 1 aliphatic carbocycles. The molecule has 50 heavy (non-hydrogen) atoms. The highest BCUT2D eigenvalue weighted by Gasteiger charge is 2.20. The number of benzene rings is 5. The predicted molar refractivity (Wildman–Crippen MR) is 219 cm³/mol. The summed E-state index contributed by atoms with van der Waals surface area (Å²) in [6.45, 7) is 10.8. The minimum absolute atomic E-state index is 0.416. The fourth-order valence-electron chi connectivity index (χ4n) is 7.06. The Labute approximate surface area is 297 Å². The molecule has 7 aromatic rings. The van der Waals surface area contributed by atoms with Crippen molar-refractivity contribution in [2.45, 2.75) is 26.2 Å². The molecule has 2 nitrogen and oxygen atoms in total. The summed E-state index contributed by atoms with van der Waals surface area (Å²) >= 11 is 1.85. The van der Waals surface area contributed by atoms with Crippen LogP contribution in [0.5, 0.6) is 0 Å². The Kier molecular flexibility index (Phi) is 8.66. The van der Waals surface area contributed by atoms with Gasteiger partial charge in [0.05, 0.1) is 10.4 Å². The summed E-state index contributed by atoms with van der Waals surface area (Å²) in [4.78, 5) is 2.39. The van der Waals surface area contributed by atoms with Crippen molar-refractivity contribution < 1.29 is 4.42 Å². The van der Waals surface area contributed by atoms with Gasteiger partial charge in [0, 0.05) is 37.6 Å². The molecule has 0 N–H and O–H groups in total. The van der Waals surface area contributed by atoms with Gasteiger partial charge in [-0.2, -0.15) is 0 Å². The number of anilines is 2. The molecule has 5 aromatic carbocycles. The zero-order valence-electron chi connectivity index (χ0n) is 28.3. The van der Waals surface area contributed by atoms with E-state index in [4.69, 9.17) is 4.42 Å². The van der Waals surface area contributed by atoms with Gasteiger partial charge in [0.15, 0.2) is 0 Å². The minimum Gasteiger partial charge on any atom is -0.456 e. The summed E-state index contributed by atoms with van der Waals surface area (Å²) in [7, 11) is 0. The number of rotatable bonds is 7. The normalized spacial score (nSPS) is 18.3. The molecule has 0 aliphatic heterocycles. The van der Waals surface area contributed by atoms with E-state index >= 15 is 0 Å². The molecule has 2 aromatic heterocycles. The Morgan fingerprint density at radius 2 is 1.70 bits per heavy atom. The highest BCUT2D eigenvalue weighted by molar-refractivity contribution is 7.26. The summed E-state index contributed by atoms with van der Waals surface area (Å²) in [5, 5.41) is 7.19. The van der Waals surface area contributed by atoms with E-state index < -0.39 is 0 Å². The zero-order valence-corrected chi connectivity index (χ0v) is 29.1. The first-order chi connectivity index (χ1) is 24.6. The number of nitrogens with zero attached hydrogens (tertiary/aromatic N) is 1. The van der Waals surface area contributed by atoms with Crippen LogP contribution in [0.2, 0.25) is 0 Å². The van der Waals surface area contributed by atoms with Gasteiger partial charge in [-0.3, -0.25) is 0 Å². The van der Waals surface area contributed by atoms with Crippen molar-refractivity contribution >= 4 is 75.6 Å². The summed E-state index contributed by atoms with van der Waals surface area (Å²) in [5.41, 5.74) is 7.51. The maximum Gasteiger partial charge on any atom is 0.136 e. The van der Waals surface area contributed by atoms with Gasteiger partial charge in [0.1, 0.15) is 11.2 Å². The van der Waals surface area contributed by atoms with E-state index in [1.54, 1.807) is 0 Å².